The Kier molecular flexibility index (Phi) is 6.77. The molecule has 0 aliphatic carbocycles. The van der Waals surface area contributed by atoms with Gasteiger partial charge in [0.2, 0.25) is 0 Å². The number of nitrogens with one attached hydrogen (secondary N) is 2. The molecule has 0 bridgehead atoms. The third-order valence-electron chi connectivity index (χ3n) is 2.41. The molecule has 1 rings (SSSR count). The highest BCUT2D eigenvalue weighted by molar-refractivity contribution is 5.16. The maximum absolute atomic E-state index is 13.2. The smallest absolute Gasteiger partial charge is 0.127 e. The van der Waals surface area contributed by atoms with Crippen LogP contribution in [-0.2, 0) is 6.54 Å². The van der Waals surface area contributed by atoms with Gasteiger partial charge in [0.1, 0.15) is 5.82 Å². The van der Waals surface area contributed by atoms with E-state index in [0.29, 0.717) is 6.54 Å². The van der Waals surface area contributed by atoms with Crippen molar-refractivity contribution in [3.8, 4) is 0 Å². The molecule has 16 heavy (non-hydrogen) atoms. The van der Waals surface area contributed by atoms with E-state index in [1.807, 2.05) is 12.1 Å². The molecule has 0 fully saturated rings. The summed E-state index contributed by atoms with van der Waals surface area (Å²) in [5.74, 6) is -0.126. The van der Waals surface area contributed by atoms with Crippen molar-refractivity contribution in [2.24, 2.45) is 0 Å². The quantitative estimate of drug-likeness (QED) is 0.662. The first-order chi connectivity index (χ1) is 7.84. The number of benzene rings is 1. The van der Waals surface area contributed by atoms with Crippen LogP contribution in [0, 0.1) is 5.82 Å². The van der Waals surface area contributed by atoms with Crippen molar-refractivity contribution in [3.63, 3.8) is 0 Å². The molecule has 0 radical (unpaired) electrons. The zero-order valence-corrected chi connectivity index (χ0v) is 9.93. The molecule has 0 aromatic heterocycles. The molecule has 0 atom stereocenters. The topological polar surface area (TPSA) is 24.1 Å². The van der Waals surface area contributed by atoms with Crippen molar-refractivity contribution in [3.05, 3.63) is 35.6 Å². The number of rotatable bonds is 8. The standard InChI is InChI=1S/C13H21FN2/c1-2-8-15-9-5-10-16-11-12-6-3-4-7-13(12)14/h3-4,6-7,15-16H,2,5,8-11H2,1H3. The van der Waals surface area contributed by atoms with Crippen LogP contribution in [0.3, 0.4) is 0 Å². The number of halogens is 1. The Hall–Kier alpha value is -0.930. The lowest BCUT2D eigenvalue weighted by Gasteiger charge is -2.06. The predicted molar refractivity (Wildman–Crippen MR) is 65.9 cm³/mol. The first-order valence-electron chi connectivity index (χ1n) is 5.99. The Balaban J connectivity index is 2.05. The fourth-order valence-electron chi connectivity index (χ4n) is 1.50. The Morgan fingerprint density at radius 3 is 2.56 bits per heavy atom. The summed E-state index contributed by atoms with van der Waals surface area (Å²) in [5.41, 5.74) is 0.740. The van der Waals surface area contributed by atoms with E-state index in [1.165, 1.54) is 12.5 Å². The van der Waals surface area contributed by atoms with Crippen molar-refractivity contribution >= 4 is 0 Å². The lowest BCUT2D eigenvalue weighted by atomic mass is 10.2. The third-order valence-corrected chi connectivity index (χ3v) is 2.41. The van der Waals surface area contributed by atoms with Crippen molar-refractivity contribution in [1.82, 2.24) is 10.6 Å². The van der Waals surface area contributed by atoms with Gasteiger partial charge in [0.05, 0.1) is 0 Å². The average molecular weight is 224 g/mol. The highest BCUT2D eigenvalue weighted by Gasteiger charge is 1.98. The Morgan fingerprint density at radius 1 is 1.06 bits per heavy atom. The summed E-state index contributed by atoms with van der Waals surface area (Å²) in [4.78, 5) is 0. The van der Waals surface area contributed by atoms with Crippen molar-refractivity contribution in [2.45, 2.75) is 26.3 Å². The SMILES string of the molecule is CCCNCCCNCc1ccccc1F. The van der Waals surface area contributed by atoms with E-state index in [-0.39, 0.29) is 5.82 Å². The number of hydrogen-bond acceptors (Lipinski definition) is 2. The van der Waals surface area contributed by atoms with E-state index in [0.717, 1.165) is 31.6 Å². The Labute approximate surface area is 97.3 Å². The fourth-order valence-corrected chi connectivity index (χ4v) is 1.50. The minimum Gasteiger partial charge on any atom is -0.317 e. The highest BCUT2D eigenvalue weighted by atomic mass is 19.1. The van der Waals surface area contributed by atoms with Crippen LogP contribution in [-0.4, -0.2) is 19.6 Å². The lowest BCUT2D eigenvalue weighted by Crippen LogP contribution is -2.22. The summed E-state index contributed by atoms with van der Waals surface area (Å²) < 4.78 is 13.2. The molecule has 2 nitrogen and oxygen atoms in total. The van der Waals surface area contributed by atoms with E-state index in [9.17, 15) is 4.39 Å². The summed E-state index contributed by atoms with van der Waals surface area (Å²) in [7, 11) is 0. The zero-order valence-electron chi connectivity index (χ0n) is 9.93. The van der Waals surface area contributed by atoms with Gasteiger partial charge >= 0.3 is 0 Å². The minimum atomic E-state index is -0.126. The number of hydrogen-bond donors (Lipinski definition) is 2. The van der Waals surface area contributed by atoms with Crippen LogP contribution in [0.4, 0.5) is 4.39 Å². The summed E-state index contributed by atoms with van der Waals surface area (Å²) in [6.07, 6.45) is 2.25. The molecule has 0 unspecified atom stereocenters. The third kappa shape index (κ3) is 5.24. The molecule has 0 aliphatic heterocycles. The van der Waals surface area contributed by atoms with Crippen LogP contribution in [0.1, 0.15) is 25.3 Å². The van der Waals surface area contributed by atoms with Gasteiger partial charge < -0.3 is 10.6 Å². The van der Waals surface area contributed by atoms with Crippen LogP contribution >= 0.6 is 0 Å². The minimum absolute atomic E-state index is 0.126. The van der Waals surface area contributed by atoms with E-state index in [2.05, 4.69) is 17.6 Å². The van der Waals surface area contributed by atoms with E-state index in [1.54, 1.807) is 6.07 Å². The largest absolute Gasteiger partial charge is 0.317 e. The van der Waals surface area contributed by atoms with Gasteiger partial charge in [-0.15, -0.1) is 0 Å². The first-order valence-corrected chi connectivity index (χ1v) is 5.99. The Morgan fingerprint density at radius 2 is 1.81 bits per heavy atom. The lowest BCUT2D eigenvalue weighted by molar-refractivity contribution is 0.566. The van der Waals surface area contributed by atoms with Gasteiger partial charge in [-0.1, -0.05) is 25.1 Å². The van der Waals surface area contributed by atoms with Crippen LogP contribution in [0.2, 0.25) is 0 Å². The predicted octanol–water partition coefficient (Wildman–Crippen LogP) is 2.30. The molecule has 0 amide bonds. The molecule has 3 heteroatoms. The second-order valence-electron chi connectivity index (χ2n) is 3.87. The van der Waals surface area contributed by atoms with Gasteiger partial charge in [-0.25, -0.2) is 4.39 Å². The summed E-state index contributed by atoms with van der Waals surface area (Å²) in [5, 5.41) is 6.57. The second kappa shape index (κ2) is 8.25. The molecule has 90 valence electrons. The molecule has 0 saturated heterocycles. The molecule has 0 spiro atoms. The maximum Gasteiger partial charge on any atom is 0.127 e. The van der Waals surface area contributed by atoms with E-state index in [4.69, 9.17) is 0 Å². The van der Waals surface area contributed by atoms with Crippen LogP contribution in [0.5, 0.6) is 0 Å². The first kappa shape index (κ1) is 13.1. The maximum atomic E-state index is 13.2. The van der Waals surface area contributed by atoms with Gasteiger partial charge in [0.15, 0.2) is 0 Å². The van der Waals surface area contributed by atoms with Gasteiger partial charge in [-0.3, -0.25) is 0 Å². The highest BCUT2D eigenvalue weighted by Crippen LogP contribution is 2.05. The molecule has 0 aliphatic rings. The van der Waals surface area contributed by atoms with Crippen molar-refractivity contribution in [1.29, 1.82) is 0 Å². The monoisotopic (exact) mass is 224 g/mol. The van der Waals surface area contributed by atoms with E-state index < -0.39 is 0 Å². The average Bonchev–Trinajstić information content (AvgIpc) is 2.30. The van der Waals surface area contributed by atoms with Crippen LogP contribution in [0.15, 0.2) is 24.3 Å². The van der Waals surface area contributed by atoms with Crippen LogP contribution < -0.4 is 10.6 Å². The van der Waals surface area contributed by atoms with E-state index >= 15 is 0 Å². The van der Waals surface area contributed by atoms with Crippen molar-refractivity contribution < 1.29 is 4.39 Å². The molecule has 2 N–H and O–H groups in total. The summed E-state index contributed by atoms with van der Waals surface area (Å²) >= 11 is 0. The molecule has 1 aromatic rings. The molecule has 0 heterocycles. The summed E-state index contributed by atoms with van der Waals surface area (Å²) in [6, 6.07) is 6.90. The van der Waals surface area contributed by atoms with Gasteiger partial charge in [-0.05, 0) is 38.5 Å². The fraction of sp³-hybridized carbons (Fsp3) is 0.538. The van der Waals surface area contributed by atoms with Crippen LogP contribution in [0.25, 0.3) is 0 Å². The second-order valence-corrected chi connectivity index (χ2v) is 3.87. The molecule has 0 saturated carbocycles. The summed E-state index contributed by atoms with van der Waals surface area (Å²) in [6.45, 7) is 5.79. The van der Waals surface area contributed by atoms with Gasteiger partial charge in [0.25, 0.3) is 0 Å². The van der Waals surface area contributed by atoms with Gasteiger partial charge in [0, 0.05) is 12.1 Å². The van der Waals surface area contributed by atoms with Gasteiger partial charge in [-0.2, -0.15) is 0 Å². The molecular weight excluding hydrogens is 203 g/mol. The normalized spacial score (nSPS) is 10.6. The van der Waals surface area contributed by atoms with Crippen molar-refractivity contribution in [2.75, 3.05) is 19.6 Å². The molecule has 1 aromatic carbocycles. The Bertz CT molecular complexity index is 289. The zero-order chi connectivity index (χ0) is 11.6. The molecular formula is C13H21FN2.